The first-order chi connectivity index (χ1) is 7.91. The molecule has 1 amide bonds. The van der Waals surface area contributed by atoms with Gasteiger partial charge in [-0.1, -0.05) is 6.92 Å². The lowest BCUT2D eigenvalue weighted by molar-refractivity contribution is -0.141. The van der Waals surface area contributed by atoms with Gasteiger partial charge in [0, 0.05) is 19.7 Å². The average molecular weight is 239 g/mol. The fraction of sp³-hybridized carbons (Fsp3) is 0.400. The van der Waals surface area contributed by atoms with Crippen molar-refractivity contribution in [2.45, 2.75) is 6.92 Å². The molecule has 1 atom stereocenters. The standard InChI is InChI=1S/C10H13N3O4/c1-6(10(16)17)5-13(2)9(15)7-3-4-8(14)12-11-7/h3-4,6H,5H2,1-2H3,(H,12,14)(H,16,17). The number of amides is 1. The van der Waals surface area contributed by atoms with Gasteiger partial charge in [0.2, 0.25) is 0 Å². The van der Waals surface area contributed by atoms with Gasteiger partial charge in [-0.2, -0.15) is 5.10 Å². The summed E-state index contributed by atoms with van der Waals surface area (Å²) in [7, 11) is 1.48. The van der Waals surface area contributed by atoms with Crippen LogP contribution in [-0.2, 0) is 4.79 Å². The van der Waals surface area contributed by atoms with Crippen LogP contribution in [0.2, 0.25) is 0 Å². The molecule has 0 bridgehead atoms. The zero-order chi connectivity index (χ0) is 13.0. The van der Waals surface area contributed by atoms with Crippen molar-refractivity contribution in [3.8, 4) is 0 Å². The molecular weight excluding hydrogens is 226 g/mol. The minimum absolute atomic E-state index is 0.0738. The van der Waals surface area contributed by atoms with Crippen molar-refractivity contribution < 1.29 is 14.7 Å². The van der Waals surface area contributed by atoms with E-state index in [9.17, 15) is 14.4 Å². The van der Waals surface area contributed by atoms with Gasteiger partial charge in [-0.3, -0.25) is 14.4 Å². The zero-order valence-corrected chi connectivity index (χ0v) is 9.51. The molecule has 7 nitrogen and oxygen atoms in total. The van der Waals surface area contributed by atoms with Crippen LogP contribution in [0.4, 0.5) is 0 Å². The highest BCUT2D eigenvalue weighted by Crippen LogP contribution is 2.02. The zero-order valence-electron chi connectivity index (χ0n) is 9.51. The van der Waals surface area contributed by atoms with E-state index >= 15 is 0 Å². The Morgan fingerprint density at radius 2 is 2.18 bits per heavy atom. The molecule has 1 rings (SSSR count). The molecule has 0 radical (unpaired) electrons. The summed E-state index contributed by atoms with van der Waals surface area (Å²) in [5.41, 5.74) is -0.326. The predicted molar refractivity (Wildman–Crippen MR) is 58.6 cm³/mol. The molecular formula is C10H13N3O4. The van der Waals surface area contributed by atoms with E-state index in [1.807, 2.05) is 0 Å². The maximum Gasteiger partial charge on any atom is 0.308 e. The second-order valence-corrected chi connectivity index (χ2v) is 3.73. The van der Waals surface area contributed by atoms with Crippen molar-refractivity contribution >= 4 is 11.9 Å². The molecule has 0 aliphatic heterocycles. The monoisotopic (exact) mass is 239 g/mol. The number of aliphatic carboxylic acids is 1. The van der Waals surface area contributed by atoms with Crippen LogP contribution in [0.25, 0.3) is 0 Å². The van der Waals surface area contributed by atoms with E-state index in [-0.39, 0.29) is 12.2 Å². The smallest absolute Gasteiger partial charge is 0.308 e. The van der Waals surface area contributed by atoms with Gasteiger partial charge in [0.1, 0.15) is 5.69 Å². The van der Waals surface area contributed by atoms with Crippen molar-refractivity contribution in [1.82, 2.24) is 15.1 Å². The Morgan fingerprint density at radius 3 is 2.65 bits per heavy atom. The second kappa shape index (κ2) is 5.24. The van der Waals surface area contributed by atoms with Gasteiger partial charge in [0.15, 0.2) is 0 Å². The quantitative estimate of drug-likeness (QED) is 0.741. The first-order valence-electron chi connectivity index (χ1n) is 4.96. The highest BCUT2D eigenvalue weighted by molar-refractivity contribution is 5.92. The third-order valence-corrected chi connectivity index (χ3v) is 2.21. The number of carboxylic acid groups (broad SMARTS) is 1. The molecule has 1 aromatic heterocycles. The minimum atomic E-state index is -0.973. The SMILES string of the molecule is CC(CN(C)C(=O)c1ccc(=O)[nH]n1)C(=O)O. The molecule has 0 fully saturated rings. The van der Waals surface area contributed by atoms with Crippen molar-refractivity contribution in [3.63, 3.8) is 0 Å². The van der Waals surface area contributed by atoms with Gasteiger partial charge in [-0.25, -0.2) is 5.10 Å². The maximum atomic E-state index is 11.8. The molecule has 17 heavy (non-hydrogen) atoms. The first kappa shape index (κ1) is 12.9. The summed E-state index contributed by atoms with van der Waals surface area (Å²) >= 11 is 0. The van der Waals surface area contributed by atoms with Gasteiger partial charge in [-0.15, -0.1) is 0 Å². The Hall–Kier alpha value is -2.18. The molecule has 0 spiro atoms. The van der Waals surface area contributed by atoms with Crippen LogP contribution in [-0.4, -0.2) is 45.7 Å². The number of aromatic nitrogens is 2. The van der Waals surface area contributed by atoms with Gasteiger partial charge in [0.05, 0.1) is 5.92 Å². The van der Waals surface area contributed by atoms with Gasteiger partial charge >= 0.3 is 5.97 Å². The summed E-state index contributed by atoms with van der Waals surface area (Å²) < 4.78 is 0. The van der Waals surface area contributed by atoms with Gasteiger partial charge < -0.3 is 10.0 Å². The highest BCUT2D eigenvalue weighted by atomic mass is 16.4. The molecule has 7 heteroatoms. The Morgan fingerprint density at radius 1 is 1.53 bits per heavy atom. The largest absolute Gasteiger partial charge is 0.481 e. The first-order valence-corrected chi connectivity index (χ1v) is 4.96. The van der Waals surface area contributed by atoms with Crippen molar-refractivity contribution in [1.29, 1.82) is 0 Å². The van der Waals surface area contributed by atoms with Crippen molar-refractivity contribution in [2.75, 3.05) is 13.6 Å². The number of aromatic amines is 1. The number of carbonyl (C=O) groups is 2. The van der Waals surface area contributed by atoms with E-state index < -0.39 is 23.4 Å². The molecule has 0 saturated heterocycles. The van der Waals surface area contributed by atoms with Gasteiger partial charge in [0.25, 0.3) is 11.5 Å². The summed E-state index contributed by atoms with van der Waals surface area (Å²) in [6.45, 7) is 1.58. The summed E-state index contributed by atoms with van der Waals surface area (Å²) in [5, 5.41) is 14.4. The lowest BCUT2D eigenvalue weighted by Gasteiger charge is -2.18. The molecule has 1 heterocycles. The number of hydrogen-bond donors (Lipinski definition) is 2. The number of hydrogen-bond acceptors (Lipinski definition) is 4. The lowest BCUT2D eigenvalue weighted by atomic mass is 10.1. The Labute approximate surface area is 97.1 Å². The molecule has 92 valence electrons. The summed E-state index contributed by atoms with van der Waals surface area (Å²) in [6, 6.07) is 2.48. The van der Waals surface area contributed by atoms with E-state index in [2.05, 4.69) is 10.2 Å². The Bertz CT molecular complexity index is 462. The maximum absolute atomic E-state index is 11.8. The van der Waals surface area contributed by atoms with Crippen LogP contribution in [0.15, 0.2) is 16.9 Å². The number of carbonyl (C=O) groups excluding carboxylic acids is 1. The highest BCUT2D eigenvalue weighted by Gasteiger charge is 2.19. The van der Waals surface area contributed by atoms with Crippen LogP contribution in [0, 0.1) is 5.92 Å². The minimum Gasteiger partial charge on any atom is -0.481 e. The number of H-pyrrole nitrogens is 1. The lowest BCUT2D eigenvalue weighted by Crippen LogP contribution is -2.34. The fourth-order valence-corrected chi connectivity index (χ4v) is 1.23. The number of nitrogens with zero attached hydrogens (tertiary/aromatic N) is 2. The Kier molecular flexibility index (Phi) is 3.97. The molecule has 0 saturated carbocycles. The summed E-state index contributed by atoms with van der Waals surface area (Å²) in [4.78, 5) is 34.4. The van der Waals surface area contributed by atoms with Crippen LogP contribution in [0.3, 0.4) is 0 Å². The third-order valence-electron chi connectivity index (χ3n) is 2.21. The van der Waals surface area contributed by atoms with Crippen LogP contribution < -0.4 is 5.56 Å². The van der Waals surface area contributed by atoms with E-state index in [0.717, 1.165) is 0 Å². The van der Waals surface area contributed by atoms with E-state index in [0.29, 0.717) is 0 Å². The van der Waals surface area contributed by atoms with Gasteiger partial charge in [-0.05, 0) is 6.07 Å². The van der Waals surface area contributed by atoms with E-state index in [4.69, 9.17) is 5.11 Å². The topological polar surface area (TPSA) is 103 Å². The van der Waals surface area contributed by atoms with E-state index in [1.54, 1.807) is 0 Å². The second-order valence-electron chi connectivity index (χ2n) is 3.73. The normalized spacial score (nSPS) is 11.9. The van der Waals surface area contributed by atoms with Crippen LogP contribution in [0.1, 0.15) is 17.4 Å². The molecule has 1 unspecified atom stereocenters. The molecule has 1 aromatic rings. The Balaban J connectivity index is 2.73. The van der Waals surface area contributed by atoms with Crippen molar-refractivity contribution in [2.24, 2.45) is 5.92 Å². The van der Waals surface area contributed by atoms with E-state index in [1.165, 1.54) is 31.0 Å². The van der Waals surface area contributed by atoms with Crippen molar-refractivity contribution in [3.05, 3.63) is 28.2 Å². The third kappa shape index (κ3) is 3.40. The summed E-state index contributed by atoms with van der Waals surface area (Å²) in [5.74, 6) is -2.07. The number of rotatable bonds is 4. The van der Waals surface area contributed by atoms with Crippen LogP contribution in [0.5, 0.6) is 0 Å². The summed E-state index contributed by atoms with van der Waals surface area (Å²) in [6.07, 6.45) is 0. The molecule has 0 aliphatic rings. The predicted octanol–water partition coefficient (Wildman–Crippen LogP) is -0.437. The molecule has 0 aromatic carbocycles. The van der Waals surface area contributed by atoms with Crippen LogP contribution >= 0.6 is 0 Å². The average Bonchev–Trinajstić information content (AvgIpc) is 2.28. The fourth-order valence-electron chi connectivity index (χ4n) is 1.23. The molecule has 0 aliphatic carbocycles. The number of nitrogens with one attached hydrogen (secondary N) is 1. The molecule has 2 N–H and O–H groups in total. The number of carboxylic acids is 1.